The Morgan fingerprint density at radius 2 is 1.85 bits per heavy atom. The zero-order chi connectivity index (χ0) is 19.1. The molecule has 0 radical (unpaired) electrons. The smallest absolute Gasteiger partial charge is 0.272 e. The molecule has 2 N–H and O–H groups in total. The number of hydrogen-bond donors (Lipinski definition) is 2. The zero-order valence-electron chi connectivity index (χ0n) is 14.6. The molecule has 1 amide bonds. The van der Waals surface area contributed by atoms with E-state index in [1.807, 2.05) is 0 Å². The number of carbonyl (C=O) groups is 1. The number of halogens is 2. The molecule has 3 aromatic rings. The number of rotatable bonds is 3. The second kappa shape index (κ2) is 6.49. The summed E-state index contributed by atoms with van der Waals surface area (Å²) >= 11 is 0. The van der Waals surface area contributed by atoms with Crippen LogP contribution in [0.3, 0.4) is 0 Å². The monoisotopic (exact) mass is 373 g/mol. The molecule has 3 heterocycles. The summed E-state index contributed by atoms with van der Waals surface area (Å²) < 4.78 is 30.0. The van der Waals surface area contributed by atoms with Crippen molar-refractivity contribution in [1.82, 2.24) is 14.6 Å². The Morgan fingerprint density at radius 1 is 1.19 bits per heavy atom. The molecule has 0 atom stereocenters. The second-order valence-electron chi connectivity index (χ2n) is 6.52. The number of nitrogens with zero attached hydrogens (tertiary/aromatic N) is 3. The van der Waals surface area contributed by atoms with Gasteiger partial charge in [0.25, 0.3) is 11.5 Å². The Balaban J connectivity index is 1.65. The summed E-state index contributed by atoms with van der Waals surface area (Å²) in [5.41, 5.74) is 0.269. The molecule has 4 rings (SSSR count). The van der Waals surface area contributed by atoms with Gasteiger partial charge in [0.15, 0.2) is 17.3 Å². The maximum atomic E-state index is 14.4. The molecule has 0 bridgehead atoms. The highest BCUT2D eigenvalue weighted by Gasteiger charge is 2.22. The fourth-order valence-corrected chi connectivity index (χ4v) is 3.34. The highest BCUT2D eigenvalue weighted by molar-refractivity contribution is 6.08. The average molecular weight is 373 g/mol. The van der Waals surface area contributed by atoms with E-state index in [1.54, 1.807) is 11.8 Å². The molecule has 1 saturated heterocycles. The van der Waals surface area contributed by atoms with Crippen LogP contribution in [0, 0.1) is 18.6 Å². The van der Waals surface area contributed by atoms with Gasteiger partial charge in [-0.25, -0.2) is 18.3 Å². The van der Waals surface area contributed by atoms with Crippen molar-refractivity contribution < 1.29 is 13.6 Å². The summed E-state index contributed by atoms with van der Waals surface area (Å²) in [7, 11) is 0. The molecule has 0 spiro atoms. The van der Waals surface area contributed by atoms with Crippen LogP contribution in [0.2, 0.25) is 0 Å². The Labute approximate surface area is 152 Å². The average Bonchev–Trinajstić information content (AvgIpc) is 3.23. The maximum absolute atomic E-state index is 14.4. The van der Waals surface area contributed by atoms with Gasteiger partial charge in [0.05, 0.1) is 0 Å². The van der Waals surface area contributed by atoms with E-state index < -0.39 is 17.5 Å². The molecule has 0 unspecified atom stereocenters. The van der Waals surface area contributed by atoms with Gasteiger partial charge in [-0.05, 0) is 31.9 Å². The molecule has 2 aromatic heterocycles. The van der Waals surface area contributed by atoms with Crippen molar-refractivity contribution in [2.75, 3.05) is 23.3 Å². The van der Waals surface area contributed by atoms with Crippen molar-refractivity contribution in [2.45, 2.75) is 19.8 Å². The first-order valence-corrected chi connectivity index (χ1v) is 8.57. The van der Waals surface area contributed by atoms with E-state index in [9.17, 15) is 18.4 Å². The van der Waals surface area contributed by atoms with Gasteiger partial charge < -0.3 is 10.2 Å². The standard InChI is InChI=1S/C18H17F2N5O2/c1-10-6-15(26)25-17(22-10)12(9-21-25)18(27)23-11-7-13(19)16(14(20)8-11)24-4-2-3-5-24/h6-9,21H,2-5H2,1H3,(H,23,27). The van der Waals surface area contributed by atoms with Crippen molar-refractivity contribution >= 4 is 22.9 Å². The normalized spacial score (nSPS) is 14.1. The minimum atomic E-state index is -0.726. The van der Waals surface area contributed by atoms with E-state index in [-0.39, 0.29) is 28.1 Å². The van der Waals surface area contributed by atoms with Crippen molar-refractivity contribution in [3.63, 3.8) is 0 Å². The van der Waals surface area contributed by atoms with E-state index in [1.165, 1.54) is 12.3 Å². The van der Waals surface area contributed by atoms with Gasteiger partial charge in [0.2, 0.25) is 0 Å². The van der Waals surface area contributed by atoms with Crippen molar-refractivity contribution in [3.05, 3.63) is 57.6 Å². The Kier molecular flexibility index (Phi) is 4.14. The van der Waals surface area contributed by atoms with Crippen LogP contribution in [0.15, 0.2) is 29.2 Å². The largest absolute Gasteiger partial charge is 0.367 e. The van der Waals surface area contributed by atoms with Gasteiger partial charge >= 0.3 is 0 Å². The van der Waals surface area contributed by atoms with Gasteiger partial charge in [-0.3, -0.25) is 14.7 Å². The molecule has 1 aliphatic rings. The number of H-pyrrole nitrogens is 1. The molecule has 0 saturated carbocycles. The molecular weight excluding hydrogens is 356 g/mol. The molecule has 27 heavy (non-hydrogen) atoms. The van der Waals surface area contributed by atoms with E-state index in [0.717, 1.165) is 29.5 Å². The summed E-state index contributed by atoms with van der Waals surface area (Å²) in [6, 6.07) is 3.51. The predicted molar refractivity (Wildman–Crippen MR) is 96.3 cm³/mol. The lowest BCUT2D eigenvalue weighted by Gasteiger charge is -2.19. The number of hydrogen-bond acceptors (Lipinski definition) is 4. The lowest BCUT2D eigenvalue weighted by atomic mass is 10.2. The first-order chi connectivity index (χ1) is 12.9. The van der Waals surface area contributed by atoms with Crippen LogP contribution in [0.5, 0.6) is 0 Å². The van der Waals surface area contributed by atoms with Crippen LogP contribution >= 0.6 is 0 Å². The molecule has 140 valence electrons. The lowest BCUT2D eigenvalue weighted by Crippen LogP contribution is -2.21. The van der Waals surface area contributed by atoms with Crippen LogP contribution in [-0.2, 0) is 0 Å². The number of aryl methyl sites for hydroxylation is 1. The van der Waals surface area contributed by atoms with Crippen molar-refractivity contribution in [1.29, 1.82) is 0 Å². The molecule has 1 aromatic carbocycles. The zero-order valence-corrected chi connectivity index (χ0v) is 14.6. The van der Waals surface area contributed by atoms with E-state index in [0.29, 0.717) is 18.8 Å². The minimum absolute atomic E-state index is 0.00713. The molecular formula is C18H17F2N5O2. The van der Waals surface area contributed by atoms with Crippen LogP contribution in [0.1, 0.15) is 28.9 Å². The fourth-order valence-electron chi connectivity index (χ4n) is 3.34. The predicted octanol–water partition coefficient (Wildman–Crippen LogP) is 2.46. The minimum Gasteiger partial charge on any atom is -0.367 e. The van der Waals surface area contributed by atoms with Gasteiger partial charge in [0.1, 0.15) is 11.3 Å². The molecule has 0 aliphatic carbocycles. The van der Waals surface area contributed by atoms with Gasteiger partial charge in [-0.2, -0.15) is 0 Å². The number of benzene rings is 1. The number of anilines is 2. The van der Waals surface area contributed by atoms with Crippen LogP contribution < -0.4 is 15.8 Å². The van der Waals surface area contributed by atoms with Crippen LogP contribution in [0.4, 0.5) is 20.2 Å². The summed E-state index contributed by atoms with van der Waals surface area (Å²) in [5, 5.41) is 5.11. The Morgan fingerprint density at radius 3 is 2.52 bits per heavy atom. The number of amides is 1. The third-order valence-corrected chi connectivity index (χ3v) is 4.57. The lowest BCUT2D eigenvalue weighted by molar-refractivity contribution is 0.102. The number of fused-ring (bicyclic) bond motifs is 1. The summed E-state index contributed by atoms with van der Waals surface area (Å²) in [4.78, 5) is 30.3. The maximum Gasteiger partial charge on any atom is 0.272 e. The van der Waals surface area contributed by atoms with Crippen molar-refractivity contribution in [2.24, 2.45) is 0 Å². The third-order valence-electron chi connectivity index (χ3n) is 4.57. The quantitative estimate of drug-likeness (QED) is 0.739. The highest BCUT2D eigenvalue weighted by atomic mass is 19.1. The van der Waals surface area contributed by atoms with E-state index in [2.05, 4.69) is 15.4 Å². The SMILES string of the molecule is Cc1cc(=O)n2[nH]cc(C(=O)Nc3cc(F)c(N4CCCC4)c(F)c3)c2n1. The number of carbonyl (C=O) groups excluding carboxylic acids is 1. The summed E-state index contributed by atoms with van der Waals surface area (Å²) in [5.74, 6) is -2.08. The second-order valence-corrected chi connectivity index (χ2v) is 6.52. The summed E-state index contributed by atoms with van der Waals surface area (Å²) in [6.45, 7) is 2.85. The topological polar surface area (TPSA) is 82.5 Å². The number of nitrogens with one attached hydrogen (secondary N) is 2. The molecule has 1 aliphatic heterocycles. The number of aromatic amines is 1. The fraction of sp³-hybridized carbons (Fsp3) is 0.278. The number of aromatic nitrogens is 3. The van der Waals surface area contributed by atoms with E-state index in [4.69, 9.17) is 0 Å². The highest BCUT2D eigenvalue weighted by Crippen LogP contribution is 2.30. The molecule has 1 fully saturated rings. The molecule has 7 nitrogen and oxygen atoms in total. The first-order valence-electron chi connectivity index (χ1n) is 8.57. The molecule has 9 heteroatoms. The van der Waals surface area contributed by atoms with E-state index >= 15 is 0 Å². The summed E-state index contributed by atoms with van der Waals surface area (Å²) in [6.07, 6.45) is 3.11. The van der Waals surface area contributed by atoms with Crippen LogP contribution in [-0.4, -0.2) is 33.6 Å². The Hall–Kier alpha value is -3.23. The van der Waals surface area contributed by atoms with Gasteiger partial charge in [-0.1, -0.05) is 0 Å². The van der Waals surface area contributed by atoms with Crippen molar-refractivity contribution in [3.8, 4) is 0 Å². The third kappa shape index (κ3) is 3.05. The Bertz CT molecular complexity index is 1080. The van der Waals surface area contributed by atoms with Gasteiger partial charge in [0, 0.05) is 36.7 Å². The first kappa shape index (κ1) is 17.2. The van der Waals surface area contributed by atoms with Gasteiger partial charge in [-0.15, -0.1) is 0 Å². The van der Waals surface area contributed by atoms with Crippen LogP contribution in [0.25, 0.3) is 5.65 Å².